The molecule has 27 heavy (non-hydrogen) atoms. The minimum Gasteiger partial charge on any atom is -0.488 e. The van der Waals surface area contributed by atoms with E-state index in [1.54, 1.807) is 13.2 Å². The molecule has 0 aliphatic heterocycles. The highest BCUT2D eigenvalue weighted by atomic mass is 35.5. The van der Waals surface area contributed by atoms with Crippen molar-refractivity contribution in [3.63, 3.8) is 0 Å². The molecular formula is C22H23ClFNO2. The van der Waals surface area contributed by atoms with Crippen molar-refractivity contribution in [1.29, 1.82) is 0 Å². The zero-order valence-corrected chi connectivity index (χ0v) is 16.1. The summed E-state index contributed by atoms with van der Waals surface area (Å²) in [5.41, 5.74) is 1.86. The summed E-state index contributed by atoms with van der Waals surface area (Å²) in [5, 5.41) is 6.14. The van der Waals surface area contributed by atoms with Crippen LogP contribution in [0.4, 0.5) is 4.39 Å². The van der Waals surface area contributed by atoms with Crippen LogP contribution in [0.15, 0.2) is 54.6 Å². The summed E-state index contributed by atoms with van der Waals surface area (Å²) in [6.07, 6.45) is 0.947. The molecule has 3 nitrogen and oxygen atoms in total. The molecule has 0 bridgehead atoms. The number of methoxy groups -OCH3 is 1. The quantitative estimate of drug-likeness (QED) is 0.503. The number of fused-ring (bicyclic) bond motifs is 1. The number of halogens is 2. The first-order valence-corrected chi connectivity index (χ1v) is 9.34. The molecule has 0 fully saturated rings. The molecule has 0 unspecified atom stereocenters. The molecule has 0 radical (unpaired) electrons. The second-order valence-corrected chi connectivity index (χ2v) is 6.72. The van der Waals surface area contributed by atoms with Gasteiger partial charge in [0.05, 0.1) is 5.02 Å². The van der Waals surface area contributed by atoms with E-state index in [4.69, 9.17) is 21.1 Å². The van der Waals surface area contributed by atoms with E-state index in [1.807, 2.05) is 24.3 Å². The molecule has 5 heteroatoms. The Labute approximate surface area is 164 Å². The Bertz CT molecular complexity index is 901. The monoisotopic (exact) mass is 387 g/mol. The predicted octanol–water partition coefficient (Wildman–Crippen LogP) is 5.34. The van der Waals surface area contributed by atoms with Crippen molar-refractivity contribution in [3.05, 3.63) is 76.6 Å². The van der Waals surface area contributed by atoms with Crippen molar-refractivity contribution >= 4 is 22.4 Å². The third-order valence-electron chi connectivity index (χ3n) is 4.40. The van der Waals surface area contributed by atoms with Crippen LogP contribution in [0.3, 0.4) is 0 Å². The van der Waals surface area contributed by atoms with Crippen molar-refractivity contribution in [2.75, 3.05) is 20.3 Å². The molecule has 3 rings (SSSR count). The summed E-state index contributed by atoms with van der Waals surface area (Å²) in [5.74, 6) is 0.448. The normalized spacial score (nSPS) is 11.1. The third kappa shape index (κ3) is 5.19. The van der Waals surface area contributed by atoms with Gasteiger partial charge in [-0.25, -0.2) is 4.39 Å². The van der Waals surface area contributed by atoms with Gasteiger partial charge in [0, 0.05) is 31.4 Å². The summed E-state index contributed by atoms with van der Waals surface area (Å²) in [4.78, 5) is 0. The summed E-state index contributed by atoms with van der Waals surface area (Å²) >= 11 is 6.12. The molecule has 0 aliphatic carbocycles. The van der Waals surface area contributed by atoms with Crippen molar-refractivity contribution in [2.24, 2.45) is 0 Å². The van der Waals surface area contributed by atoms with E-state index in [2.05, 4.69) is 17.4 Å². The Kier molecular flexibility index (Phi) is 7.04. The Morgan fingerprint density at radius 3 is 2.74 bits per heavy atom. The molecule has 1 N–H and O–H groups in total. The van der Waals surface area contributed by atoms with Gasteiger partial charge in [-0.05, 0) is 41.9 Å². The number of hydrogen-bond acceptors (Lipinski definition) is 3. The van der Waals surface area contributed by atoms with E-state index in [9.17, 15) is 4.39 Å². The highest BCUT2D eigenvalue weighted by Crippen LogP contribution is 2.29. The molecular weight excluding hydrogens is 365 g/mol. The average molecular weight is 388 g/mol. The van der Waals surface area contributed by atoms with Gasteiger partial charge < -0.3 is 14.8 Å². The fraction of sp³-hybridized carbons (Fsp3) is 0.273. The van der Waals surface area contributed by atoms with Crippen LogP contribution < -0.4 is 10.1 Å². The van der Waals surface area contributed by atoms with Crippen molar-refractivity contribution in [1.82, 2.24) is 5.32 Å². The lowest BCUT2D eigenvalue weighted by molar-refractivity contribution is 0.194. The molecule has 0 amide bonds. The summed E-state index contributed by atoms with van der Waals surface area (Å²) in [7, 11) is 1.71. The Morgan fingerprint density at radius 2 is 1.93 bits per heavy atom. The fourth-order valence-corrected chi connectivity index (χ4v) is 3.20. The maximum Gasteiger partial charge on any atom is 0.124 e. The molecule has 3 aromatic rings. The maximum absolute atomic E-state index is 13.2. The van der Waals surface area contributed by atoms with E-state index in [-0.39, 0.29) is 12.4 Å². The fourth-order valence-electron chi connectivity index (χ4n) is 2.98. The summed E-state index contributed by atoms with van der Waals surface area (Å²) < 4.78 is 24.4. The van der Waals surface area contributed by atoms with E-state index in [0.29, 0.717) is 11.6 Å². The van der Waals surface area contributed by atoms with E-state index >= 15 is 0 Å². The highest BCUT2D eigenvalue weighted by molar-refractivity contribution is 6.31. The lowest BCUT2D eigenvalue weighted by Gasteiger charge is -2.16. The molecule has 3 aromatic carbocycles. The first-order chi connectivity index (χ1) is 13.2. The van der Waals surface area contributed by atoms with E-state index < -0.39 is 0 Å². The van der Waals surface area contributed by atoms with Crippen LogP contribution in [-0.2, 0) is 17.9 Å². The van der Waals surface area contributed by atoms with E-state index in [1.165, 1.54) is 17.5 Å². The molecule has 0 spiro atoms. The highest BCUT2D eigenvalue weighted by Gasteiger charge is 2.10. The van der Waals surface area contributed by atoms with Gasteiger partial charge in [-0.3, -0.25) is 0 Å². The standard InChI is InChI=1S/C22H23ClFNO2/c1-26-12-4-11-25-14-20-19-6-3-2-5-16(19)8-10-22(20)27-15-17-7-9-18(24)13-21(17)23/h2-3,5-10,13,25H,4,11-12,14-15H2,1H3. The predicted molar refractivity (Wildman–Crippen MR) is 108 cm³/mol. The molecule has 0 aliphatic rings. The lowest BCUT2D eigenvalue weighted by Crippen LogP contribution is -2.17. The van der Waals surface area contributed by atoms with E-state index in [0.717, 1.165) is 41.8 Å². The van der Waals surface area contributed by atoms with Gasteiger partial charge >= 0.3 is 0 Å². The number of rotatable bonds is 9. The molecule has 142 valence electrons. The third-order valence-corrected chi connectivity index (χ3v) is 4.75. The van der Waals surface area contributed by atoms with Crippen LogP contribution in [0, 0.1) is 5.82 Å². The Morgan fingerprint density at radius 1 is 1.07 bits per heavy atom. The Hall–Kier alpha value is -2.14. The van der Waals surface area contributed by atoms with Crippen molar-refractivity contribution in [2.45, 2.75) is 19.6 Å². The van der Waals surface area contributed by atoms with Gasteiger partial charge in [0.1, 0.15) is 18.2 Å². The molecule has 0 saturated carbocycles. The van der Waals surface area contributed by atoms with Crippen LogP contribution in [0.25, 0.3) is 10.8 Å². The minimum absolute atomic E-state index is 0.286. The van der Waals surface area contributed by atoms with Gasteiger partial charge in [-0.15, -0.1) is 0 Å². The van der Waals surface area contributed by atoms with Gasteiger partial charge in [0.25, 0.3) is 0 Å². The topological polar surface area (TPSA) is 30.5 Å². The second kappa shape index (κ2) is 9.70. The Balaban J connectivity index is 1.79. The second-order valence-electron chi connectivity index (χ2n) is 6.31. The molecule has 0 heterocycles. The number of benzene rings is 3. The van der Waals surface area contributed by atoms with Gasteiger partial charge in [0.15, 0.2) is 0 Å². The first kappa shape index (κ1) is 19.6. The van der Waals surface area contributed by atoms with Crippen molar-refractivity contribution < 1.29 is 13.9 Å². The zero-order valence-electron chi connectivity index (χ0n) is 15.3. The zero-order chi connectivity index (χ0) is 19.1. The van der Waals surface area contributed by atoms with Crippen LogP contribution >= 0.6 is 11.6 Å². The number of hydrogen-bond donors (Lipinski definition) is 1. The van der Waals surface area contributed by atoms with Crippen LogP contribution in [-0.4, -0.2) is 20.3 Å². The van der Waals surface area contributed by atoms with Crippen LogP contribution in [0.5, 0.6) is 5.75 Å². The van der Waals surface area contributed by atoms with Crippen molar-refractivity contribution in [3.8, 4) is 5.75 Å². The SMILES string of the molecule is COCCCNCc1c(OCc2ccc(F)cc2Cl)ccc2ccccc12. The smallest absolute Gasteiger partial charge is 0.124 e. The number of nitrogens with one attached hydrogen (secondary N) is 1. The largest absolute Gasteiger partial charge is 0.488 e. The number of ether oxygens (including phenoxy) is 2. The van der Waals surface area contributed by atoms with Crippen LogP contribution in [0.1, 0.15) is 17.5 Å². The summed E-state index contributed by atoms with van der Waals surface area (Å²) in [6.45, 7) is 2.57. The molecule has 0 saturated heterocycles. The average Bonchev–Trinajstić information content (AvgIpc) is 2.68. The molecule has 0 atom stereocenters. The first-order valence-electron chi connectivity index (χ1n) is 8.96. The van der Waals surface area contributed by atoms with Gasteiger partial charge in [0.2, 0.25) is 0 Å². The van der Waals surface area contributed by atoms with Gasteiger partial charge in [-0.2, -0.15) is 0 Å². The molecule has 0 aromatic heterocycles. The maximum atomic E-state index is 13.2. The lowest BCUT2D eigenvalue weighted by atomic mass is 10.0. The van der Waals surface area contributed by atoms with Gasteiger partial charge in [-0.1, -0.05) is 48.0 Å². The minimum atomic E-state index is -0.351. The summed E-state index contributed by atoms with van der Waals surface area (Å²) in [6, 6.07) is 16.6. The van der Waals surface area contributed by atoms with Crippen LogP contribution in [0.2, 0.25) is 5.02 Å².